The molecule has 0 spiro atoms. The van der Waals surface area contributed by atoms with Crippen molar-refractivity contribution in [3.05, 3.63) is 111 Å². The van der Waals surface area contributed by atoms with Gasteiger partial charge in [-0.1, -0.05) is 51.8 Å². The summed E-state index contributed by atoms with van der Waals surface area (Å²) >= 11 is 9.72. The number of carbonyl (C=O) groups excluding carboxylic acids is 2. The Balaban J connectivity index is 1.45. The fourth-order valence-electron chi connectivity index (χ4n) is 4.05. The zero-order chi connectivity index (χ0) is 25.1. The summed E-state index contributed by atoms with van der Waals surface area (Å²) in [5.74, 6) is 0.226. The van der Waals surface area contributed by atoms with Gasteiger partial charge in [0.15, 0.2) is 0 Å². The Hall–Kier alpha value is -3.75. The summed E-state index contributed by atoms with van der Waals surface area (Å²) < 4.78 is 0.943. The van der Waals surface area contributed by atoms with Gasteiger partial charge < -0.3 is 15.6 Å². The third-order valence-corrected chi connectivity index (χ3v) is 6.45. The van der Waals surface area contributed by atoms with E-state index in [1.165, 1.54) is 0 Å². The lowest BCUT2D eigenvalue weighted by atomic mass is 10.00. The van der Waals surface area contributed by atoms with Crippen molar-refractivity contribution in [3.63, 3.8) is 0 Å². The van der Waals surface area contributed by atoms with Gasteiger partial charge >= 0.3 is 0 Å². The van der Waals surface area contributed by atoms with Gasteiger partial charge in [0.1, 0.15) is 11.9 Å². The Morgan fingerprint density at radius 1 is 1.08 bits per heavy atom. The molecule has 36 heavy (non-hydrogen) atoms. The van der Waals surface area contributed by atoms with Crippen LogP contribution in [0.15, 0.2) is 88.6 Å². The summed E-state index contributed by atoms with van der Waals surface area (Å²) in [7, 11) is 0. The molecule has 1 atom stereocenters. The lowest BCUT2D eigenvalue weighted by molar-refractivity contribution is -0.117. The molecule has 7 nitrogen and oxygen atoms in total. The van der Waals surface area contributed by atoms with Crippen LogP contribution in [0, 0.1) is 0 Å². The van der Waals surface area contributed by atoms with Gasteiger partial charge in [0, 0.05) is 45.1 Å². The molecule has 4 aromatic rings. The quantitative estimate of drug-likeness (QED) is 0.293. The average Bonchev–Trinajstić information content (AvgIpc) is 3.31. The van der Waals surface area contributed by atoms with Crippen LogP contribution in [0.4, 0.5) is 11.4 Å². The fraction of sp³-hybridized carbons (Fsp3) is 0.111. The van der Waals surface area contributed by atoms with E-state index in [0.717, 1.165) is 21.2 Å². The van der Waals surface area contributed by atoms with Gasteiger partial charge in [-0.2, -0.15) is 0 Å². The second-order valence-electron chi connectivity index (χ2n) is 8.34. The topological polar surface area (TPSA) is 99.2 Å². The minimum Gasteiger partial charge on any atom is -0.348 e. The summed E-state index contributed by atoms with van der Waals surface area (Å²) in [5.41, 5.74) is 4.52. The molecule has 2 heterocycles. The highest BCUT2D eigenvalue weighted by molar-refractivity contribution is 9.10. The predicted octanol–water partition coefficient (Wildman–Crippen LogP) is 5.41. The Labute approximate surface area is 221 Å². The van der Waals surface area contributed by atoms with Gasteiger partial charge in [0.05, 0.1) is 17.8 Å². The van der Waals surface area contributed by atoms with E-state index in [1.54, 1.807) is 24.5 Å². The summed E-state index contributed by atoms with van der Waals surface area (Å²) in [6, 6.07) is 20.0. The average molecular weight is 563 g/mol. The van der Waals surface area contributed by atoms with Crippen molar-refractivity contribution >= 4 is 56.4 Å². The second-order valence-corrected chi connectivity index (χ2v) is 9.70. The Bertz CT molecular complexity index is 1450. The number of imidazole rings is 1. The summed E-state index contributed by atoms with van der Waals surface area (Å²) in [6.45, 7) is 0. The van der Waals surface area contributed by atoms with Gasteiger partial charge in [0.25, 0.3) is 0 Å². The van der Waals surface area contributed by atoms with Crippen LogP contribution in [0.2, 0.25) is 5.02 Å². The number of hydrogen-bond acceptors (Lipinski definition) is 4. The van der Waals surface area contributed by atoms with Crippen LogP contribution in [0.3, 0.4) is 0 Å². The van der Waals surface area contributed by atoms with Gasteiger partial charge in [-0.05, 0) is 48.0 Å². The monoisotopic (exact) mass is 561 g/mol. The number of aromatic nitrogens is 2. The smallest absolute Gasteiger partial charge is 0.249 e. The van der Waals surface area contributed by atoms with E-state index in [4.69, 9.17) is 16.6 Å². The molecule has 1 aliphatic heterocycles. The van der Waals surface area contributed by atoms with E-state index in [2.05, 4.69) is 36.5 Å². The number of fused-ring (bicyclic) bond motifs is 1. The minimum absolute atomic E-state index is 0.153. The number of benzodiazepines with no additional fused rings is 1. The predicted molar refractivity (Wildman–Crippen MR) is 145 cm³/mol. The highest BCUT2D eigenvalue weighted by Gasteiger charge is 2.26. The molecule has 1 aromatic heterocycles. The zero-order valence-corrected chi connectivity index (χ0v) is 21.3. The molecule has 1 aliphatic rings. The van der Waals surface area contributed by atoms with Crippen LogP contribution in [-0.2, 0) is 22.4 Å². The van der Waals surface area contributed by atoms with Crippen molar-refractivity contribution in [3.8, 4) is 0 Å². The number of rotatable bonds is 6. The molecular formula is C27H21BrClN5O2. The van der Waals surface area contributed by atoms with Crippen LogP contribution in [0.5, 0.6) is 0 Å². The van der Waals surface area contributed by atoms with Crippen LogP contribution < -0.4 is 10.6 Å². The van der Waals surface area contributed by atoms with Crippen molar-refractivity contribution in [1.29, 1.82) is 0 Å². The number of aromatic amines is 1. The highest BCUT2D eigenvalue weighted by Crippen LogP contribution is 2.29. The Morgan fingerprint density at radius 3 is 2.67 bits per heavy atom. The van der Waals surface area contributed by atoms with Gasteiger partial charge in [-0.15, -0.1) is 0 Å². The maximum absolute atomic E-state index is 13.1. The van der Waals surface area contributed by atoms with E-state index in [9.17, 15) is 9.59 Å². The molecule has 180 valence electrons. The normalized spacial score (nSPS) is 14.9. The SMILES string of the molecule is O=C(Cc1ncc[nH]1)Nc1ccc(C2=NC(Cc3cccc(Br)c3)C(=O)Nc3cc(Cl)ccc32)cc1. The van der Waals surface area contributed by atoms with Crippen LogP contribution >= 0.6 is 27.5 Å². The highest BCUT2D eigenvalue weighted by atomic mass is 79.9. The molecule has 5 rings (SSSR count). The number of H-pyrrole nitrogens is 1. The van der Waals surface area contributed by atoms with Crippen molar-refractivity contribution in [1.82, 2.24) is 9.97 Å². The molecule has 0 saturated carbocycles. The summed E-state index contributed by atoms with van der Waals surface area (Å²) in [6.07, 6.45) is 3.89. The lowest BCUT2D eigenvalue weighted by Crippen LogP contribution is -2.27. The van der Waals surface area contributed by atoms with Crippen molar-refractivity contribution in [2.75, 3.05) is 10.6 Å². The zero-order valence-electron chi connectivity index (χ0n) is 19.0. The molecule has 3 N–H and O–H groups in total. The number of halogens is 2. The number of nitrogens with one attached hydrogen (secondary N) is 3. The van der Waals surface area contributed by atoms with Crippen LogP contribution in [0.25, 0.3) is 0 Å². The molecule has 0 saturated heterocycles. The molecule has 0 fully saturated rings. The third kappa shape index (κ3) is 5.56. The van der Waals surface area contributed by atoms with Crippen molar-refractivity contribution < 1.29 is 9.59 Å². The first-order valence-corrected chi connectivity index (χ1v) is 12.4. The number of anilines is 2. The van der Waals surface area contributed by atoms with Gasteiger partial charge in [-0.3, -0.25) is 14.6 Å². The Kier molecular flexibility index (Phi) is 6.97. The maximum atomic E-state index is 13.1. The van der Waals surface area contributed by atoms with Crippen LogP contribution in [0.1, 0.15) is 22.5 Å². The number of hydrogen-bond donors (Lipinski definition) is 3. The third-order valence-electron chi connectivity index (χ3n) is 5.73. The van der Waals surface area contributed by atoms with E-state index in [-0.39, 0.29) is 18.2 Å². The van der Waals surface area contributed by atoms with E-state index >= 15 is 0 Å². The van der Waals surface area contributed by atoms with Gasteiger partial charge in [-0.25, -0.2) is 4.98 Å². The van der Waals surface area contributed by atoms with E-state index in [0.29, 0.717) is 34.4 Å². The first-order chi connectivity index (χ1) is 17.4. The van der Waals surface area contributed by atoms with Crippen LogP contribution in [-0.4, -0.2) is 33.5 Å². The van der Waals surface area contributed by atoms with E-state index < -0.39 is 6.04 Å². The number of amides is 2. The second kappa shape index (κ2) is 10.5. The summed E-state index contributed by atoms with van der Waals surface area (Å²) in [4.78, 5) is 37.4. The lowest BCUT2D eigenvalue weighted by Gasteiger charge is -2.12. The minimum atomic E-state index is -0.631. The molecule has 9 heteroatoms. The molecule has 0 bridgehead atoms. The molecule has 2 amide bonds. The largest absolute Gasteiger partial charge is 0.348 e. The summed E-state index contributed by atoms with van der Waals surface area (Å²) in [5, 5.41) is 6.39. The Morgan fingerprint density at radius 2 is 1.92 bits per heavy atom. The number of aliphatic imine (C=N–C) groups is 1. The van der Waals surface area contributed by atoms with E-state index in [1.807, 2.05) is 54.6 Å². The fourth-order valence-corrected chi connectivity index (χ4v) is 4.66. The number of benzene rings is 3. The molecule has 0 aliphatic carbocycles. The first-order valence-electron chi connectivity index (χ1n) is 11.3. The van der Waals surface area contributed by atoms with Crippen molar-refractivity contribution in [2.24, 2.45) is 4.99 Å². The van der Waals surface area contributed by atoms with Crippen molar-refractivity contribution in [2.45, 2.75) is 18.9 Å². The molecule has 3 aromatic carbocycles. The molecule has 0 radical (unpaired) electrons. The number of carbonyl (C=O) groups is 2. The molecular weight excluding hydrogens is 542 g/mol. The van der Waals surface area contributed by atoms with Gasteiger partial charge in [0.2, 0.25) is 11.8 Å². The maximum Gasteiger partial charge on any atom is 0.249 e. The number of nitrogens with zero attached hydrogens (tertiary/aromatic N) is 2. The molecule has 1 unspecified atom stereocenters. The standard InChI is InChI=1S/C27H21BrClN5O2/c28-18-3-1-2-16(12-18)13-23-27(36)34-22-14-19(29)6-9-21(22)26(33-23)17-4-7-20(8-5-17)32-25(35)15-24-30-10-11-31-24/h1-12,14,23H,13,15H2,(H,30,31)(H,32,35)(H,34,36). The first kappa shape index (κ1) is 24.0.